The summed E-state index contributed by atoms with van der Waals surface area (Å²) in [5.74, 6) is -1.52. The van der Waals surface area contributed by atoms with E-state index < -0.39 is 11.6 Å². The molecule has 1 fully saturated rings. The number of nitrogens with zero attached hydrogens (tertiary/aromatic N) is 3. The van der Waals surface area contributed by atoms with E-state index in [1.165, 1.54) is 6.07 Å². The molecule has 1 amide bonds. The number of aromatic nitrogens is 2. The molecule has 2 aromatic rings. The quantitative estimate of drug-likeness (QED) is 0.805. The summed E-state index contributed by atoms with van der Waals surface area (Å²) >= 11 is 0. The average molecular weight is 349 g/mol. The predicted molar refractivity (Wildman–Crippen MR) is 88.2 cm³/mol. The third-order valence-corrected chi connectivity index (χ3v) is 4.47. The third kappa shape index (κ3) is 4.22. The van der Waals surface area contributed by atoms with E-state index in [4.69, 9.17) is 4.74 Å². The van der Waals surface area contributed by atoms with Crippen LogP contribution >= 0.6 is 0 Å². The average Bonchev–Trinajstić information content (AvgIpc) is 3.25. The molecule has 0 spiro atoms. The van der Waals surface area contributed by atoms with Crippen LogP contribution in [0.4, 0.5) is 8.78 Å². The first-order valence-corrected chi connectivity index (χ1v) is 8.32. The van der Waals surface area contributed by atoms with E-state index in [-0.39, 0.29) is 11.8 Å². The molecule has 0 N–H and O–H groups in total. The van der Waals surface area contributed by atoms with Crippen LogP contribution < -0.4 is 0 Å². The monoisotopic (exact) mass is 349 g/mol. The lowest BCUT2D eigenvalue weighted by atomic mass is 9.98. The highest BCUT2D eigenvalue weighted by Crippen LogP contribution is 2.23. The van der Waals surface area contributed by atoms with Gasteiger partial charge in [-0.1, -0.05) is 6.07 Å². The van der Waals surface area contributed by atoms with Gasteiger partial charge in [0.05, 0.1) is 13.2 Å². The number of carbonyl (C=O) groups excluding carboxylic acids is 1. The van der Waals surface area contributed by atoms with Gasteiger partial charge in [-0.05, 0) is 42.5 Å². The fourth-order valence-corrected chi connectivity index (χ4v) is 3.13. The summed E-state index contributed by atoms with van der Waals surface area (Å²) in [6.45, 7) is 2.39. The van der Waals surface area contributed by atoms with E-state index in [2.05, 4.69) is 5.10 Å². The maximum Gasteiger partial charge on any atom is 0.274 e. The van der Waals surface area contributed by atoms with Gasteiger partial charge in [0.15, 0.2) is 11.6 Å². The number of ether oxygens (including phenoxy) is 1. The van der Waals surface area contributed by atoms with E-state index in [1.807, 2.05) is 0 Å². The number of halogens is 2. The summed E-state index contributed by atoms with van der Waals surface area (Å²) in [5, 5.41) is 4.28. The first-order valence-electron chi connectivity index (χ1n) is 8.32. The number of benzene rings is 1. The van der Waals surface area contributed by atoms with Crippen LogP contribution in [0.3, 0.4) is 0 Å². The summed E-state index contributed by atoms with van der Waals surface area (Å²) in [6.07, 6.45) is 3.24. The molecule has 1 aliphatic heterocycles. The Bertz CT molecular complexity index is 748. The van der Waals surface area contributed by atoms with E-state index in [1.54, 1.807) is 35.0 Å². The van der Waals surface area contributed by atoms with Gasteiger partial charge in [0.25, 0.3) is 5.91 Å². The van der Waals surface area contributed by atoms with Gasteiger partial charge in [0.2, 0.25) is 0 Å². The zero-order valence-corrected chi connectivity index (χ0v) is 14.1. The Kier molecular flexibility index (Phi) is 5.43. The molecule has 7 heteroatoms. The van der Waals surface area contributed by atoms with Crippen molar-refractivity contribution < 1.29 is 18.3 Å². The molecule has 25 heavy (non-hydrogen) atoms. The van der Waals surface area contributed by atoms with Gasteiger partial charge in [0, 0.05) is 26.4 Å². The summed E-state index contributed by atoms with van der Waals surface area (Å²) in [4.78, 5) is 14.3. The summed E-state index contributed by atoms with van der Waals surface area (Å²) in [7, 11) is 1.62. The normalized spacial score (nSPS) is 17.2. The summed E-state index contributed by atoms with van der Waals surface area (Å²) in [5.41, 5.74) is 1.17. The molecule has 5 nitrogen and oxygen atoms in total. The maximum absolute atomic E-state index is 13.3. The first kappa shape index (κ1) is 17.5. The molecular weight excluding hydrogens is 328 g/mol. The van der Waals surface area contributed by atoms with Crippen LogP contribution in [0.15, 0.2) is 30.5 Å². The van der Waals surface area contributed by atoms with Crippen LogP contribution in [-0.2, 0) is 17.7 Å². The molecule has 0 unspecified atom stereocenters. The first-order chi connectivity index (χ1) is 12.1. The molecule has 3 rings (SSSR count). The summed E-state index contributed by atoms with van der Waals surface area (Å²) in [6, 6.07) is 5.69. The van der Waals surface area contributed by atoms with Gasteiger partial charge < -0.3 is 9.64 Å². The number of methoxy groups -OCH3 is 1. The molecular formula is C18H21F2N3O2. The van der Waals surface area contributed by atoms with Crippen molar-refractivity contribution >= 4 is 5.91 Å². The van der Waals surface area contributed by atoms with Crippen molar-refractivity contribution in [2.24, 2.45) is 5.92 Å². The topological polar surface area (TPSA) is 47.4 Å². The van der Waals surface area contributed by atoms with E-state index in [0.29, 0.717) is 38.4 Å². The number of hydrogen-bond donors (Lipinski definition) is 0. The lowest BCUT2D eigenvalue weighted by molar-refractivity contribution is 0.0779. The van der Waals surface area contributed by atoms with Gasteiger partial charge in [-0.25, -0.2) is 8.78 Å². The van der Waals surface area contributed by atoms with Crippen LogP contribution in [0.1, 0.15) is 22.5 Å². The second-order valence-electron chi connectivity index (χ2n) is 6.32. The second-order valence-corrected chi connectivity index (χ2v) is 6.32. The zero-order chi connectivity index (χ0) is 17.8. The smallest absolute Gasteiger partial charge is 0.274 e. The largest absolute Gasteiger partial charge is 0.383 e. The summed E-state index contributed by atoms with van der Waals surface area (Å²) < 4.78 is 33.0. The number of carbonyl (C=O) groups is 1. The number of rotatable bonds is 6. The lowest BCUT2D eigenvalue weighted by Gasteiger charge is -2.15. The fourth-order valence-electron chi connectivity index (χ4n) is 3.13. The van der Waals surface area contributed by atoms with Gasteiger partial charge in [-0.15, -0.1) is 0 Å². The molecule has 1 aliphatic rings. The van der Waals surface area contributed by atoms with Crippen molar-refractivity contribution in [3.63, 3.8) is 0 Å². The Morgan fingerprint density at radius 2 is 2.16 bits per heavy atom. The maximum atomic E-state index is 13.3. The highest BCUT2D eigenvalue weighted by molar-refractivity contribution is 5.92. The fraction of sp³-hybridized carbons (Fsp3) is 0.444. The minimum atomic E-state index is -0.837. The van der Waals surface area contributed by atoms with Crippen LogP contribution in [0.5, 0.6) is 0 Å². The van der Waals surface area contributed by atoms with Crippen molar-refractivity contribution in [3.05, 3.63) is 53.4 Å². The van der Waals surface area contributed by atoms with Crippen molar-refractivity contribution in [1.29, 1.82) is 0 Å². The minimum Gasteiger partial charge on any atom is -0.383 e. The molecule has 0 saturated carbocycles. The van der Waals surface area contributed by atoms with Crippen LogP contribution in [-0.4, -0.2) is 47.4 Å². The second kappa shape index (κ2) is 7.74. The molecule has 1 aromatic carbocycles. The van der Waals surface area contributed by atoms with Crippen LogP contribution in [0, 0.1) is 17.6 Å². The number of hydrogen-bond acceptors (Lipinski definition) is 3. The Balaban J connectivity index is 1.57. The highest BCUT2D eigenvalue weighted by Gasteiger charge is 2.28. The van der Waals surface area contributed by atoms with E-state index in [9.17, 15) is 13.6 Å². The van der Waals surface area contributed by atoms with E-state index in [0.717, 1.165) is 18.1 Å². The molecule has 1 saturated heterocycles. The molecule has 1 atom stereocenters. The van der Waals surface area contributed by atoms with E-state index >= 15 is 0 Å². The van der Waals surface area contributed by atoms with Gasteiger partial charge >= 0.3 is 0 Å². The zero-order valence-electron chi connectivity index (χ0n) is 14.1. The Labute approximate surface area is 145 Å². The Morgan fingerprint density at radius 3 is 2.92 bits per heavy atom. The van der Waals surface area contributed by atoms with Crippen molar-refractivity contribution in [1.82, 2.24) is 14.7 Å². The molecule has 134 valence electrons. The molecule has 0 radical (unpaired) electrons. The van der Waals surface area contributed by atoms with Gasteiger partial charge in [0.1, 0.15) is 5.69 Å². The molecule has 1 aromatic heterocycles. The van der Waals surface area contributed by atoms with Gasteiger partial charge in [-0.2, -0.15) is 5.10 Å². The molecule has 2 heterocycles. The SMILES string of the molecule is COCCn1ccc(C(=O)N2CC[C@@H](Cc3ccc(F)c(F)c3)C2)n1. The minimum absolute atomic E-state index is 0.0936. The van der Waals surface area contributed by atoms with Crippen LogP contribution in [0.25, 0.3) is 0 Å². The van der Waals surface area contributed by atoms with Crippen molar-refractivity contribution in [3.8, 4) is 0 Å². The Hall–Kier alpha value is -2.28. The van der Waals surface area contributed by atoms with Crippen molar-refractivity contribution in [2.75, 3.05) is 26.8 Å². The van der Waals surface area contributed by atoms with Gasteiger partial charge in [-0.3, -0.25) is 9.48 Å². The standard InChI is InChI=1S/C18H21F2N3O2/c1-25-9-8-23-7-5-17(21-23)18(24)22-6-4-14(12-22)10-13-2-3-15(19)16(20)11-13/h2-3,5,7,11,14H,4,6,8-10,12H2,1H3/t14-/m0/s1. The lowest BCUT2D eigenvalue weighted by Crippen LogP contribution is -2.29. The number of likely N-dealkylation sites (tertiary alicyclic amines) is 1. The number of amides is 1. The predicted octanol–water partition coefficient (Wildman–Crippen LogP) is 2.51. The van der Waals surface area contributed by atoms with Crippen LogP contribution in [0.2, 0.25) is 0 Å². The Morgan fingerprint density at radius 1 is 1.32 bits per heavy atom. The molecule has 0 bridgehead atoms. The third-order valence-electron chi connectivity index (χ3n) is 4.47. The highest BCUT2D eigenvalue weighted by atomic mass is 19.2. The van der Waals surface area contributed by atoms with Crippen molar-refractivity contribution in [2.45, 2.75) is 19.4 Å². The molecule has 0 aliphatic carbocycles.